The Morgan fingerprint density at radius 1 is 0.952 bits per heavy atom. The van der Waals surface area contributed by atoms with Gasteiger partial charge in [-0.05, 0) is 65.5 Å². The summed E-state index contributed by atoms with van der Waals surface area (Å²) in [5, 5.41) is 4.10. The second-order valence-corrected chi connectivity index (χ2v) is 6.43. The van der Waals surface area contributed by atoms with E-state index >= 15 is 0 Å². The number of hydrogen-bond donors (Lipinski definition) is 0. The highest BCUT2D eigenvalue weighted by Crippen LogP contribution is 2.39. The average Bonchev–Trinajstić information content (AvgIpc) is 2.47. The van der Waals surface area contributed by atoms with E-state index in [9.17, 15) is 4.39 Å². The van der Waals surface area contributed by atoms with Gasteiger partial charge in [0.25, 0.3) is 0 Å². The Kier molecular flexibility index (Phi) is 2.78. The maximum atomic E-state index is 14.5. The molecule has 3 aromatic carbocycles. The first kappa shape index (κ1) is 12.8. The lowest BCUT2D eigenvalue weighted by Gasteiger charge is -2.24. The molecular weight excluding hydrogens is 259 g/mol. The quantitative estimate of drug-likeness (QED) is 0.450. The fourth-order valence-electron chi connectivity index (χ4n) is 3.91. The molecule has 0 fully saturated rings. The molecule has 0 radical (unpaired) electrons. The summed E-state index contributed by atoms with van der Waals surface area (Å²) in [7, 11) is 0. The van der Waals surface area contributed by atoms with Crippen LogP contribution < -0.4 is 0 Å². The number of fused-ring (bicyclic) bond motifs is 5. The maximum Gasteiger partial charge on any atom is 0.131 e. The Balaban J connectivity index is 2.19. The third kappa shape index (κ3) is 1.87. The van der Waals surface area contributed by atoms with E-state index in [0.29, 0.717) is 5.92 Å². The first-order valence-corrected chi connectivity index (χ1v) is 7.79. The molecule has 0 spiro atoms. The van der Waals surface area contributed by atoms with Crippen LogP contribution in [-0.2, 0) is 6.42 Å². The summed E-state index contributed by atoms with van der Waals surface area (Å²) < 4.78 is 14.5. The molecule has 0 N–H and O–H groups in total. The number of halogens is 1. The summed E-state index contributed by atoms with van der Waals surface area (Å²) in [6.07, 6.45) is 3.58. The molecule has 4 rings (SSSR count). The largest absolute Gasteiger partial charge is 0.206 e. The van der Waals surface area contributed by atoms with E-state index in [1.165, 1.54) is 34.9 Å². The van der Waals surface area contributed by atoms with Crippen molar-refractivity contribution in [2.75, 3.05) is 0 Å². The molecule has 0 nitrogen and oxygen atoms in total. The maximum absolute atomic E-state index is 14.5. The van der Waals surface area contributed by atoms with E-state index in [1.807, 2.05) is 12.1 Å². The fraction of sp³-hybridized carbons (Fsp3) is 0.300. The second-order valence-electron chi connectivity index (χ2n) is 6.43. The van der Waals surface area contributed by atoms with Gasteiger partial charge in [-0.15, -0.1) is 0 Å². The topological polar surface area (TPSA) is 0 Å². The highest BCUT2D eigenvalue weighted by Gasteiger charge is 2.20. The van der Waals surface area contributed by atoms with Crippen molar-refractivity contribution in [1.29, 1.82) is 0 Å². The normalized spacial score (nSPS) is 18.1. The lowest BCUT2D eigenvalue weighted by Crippen LogP contribution is -2.07. The Hall–Kier alpha value is -1.89. The first-order valence-electron chi connectivity index (χ1n) is 7.79. The molecular formula is C20H19F. The predicted molar refractivity (Wildman–Crippen MR) is 87.5 cm³/mol. The van der Waals surface area contributed by atoms with Crippen molar-refractivity contribution in [2.24, 2.45) is 0 Å². The van der Waals surface area contributed by atoms with Crippen LogP contribution in [0.2, 0.25) is 0 Å². The van der Waals surface area contributed by atoms with Gasteiger partial charge in [-0.2, -0.15) is 0 Å². The van der Waals surface area contributed by atoms with Crippen LogP contribution in [-0.4, -0.2) is 0 Å². The van der Waals surface area contributed by atoms with Crippen LogP contribution in [0.15, 0.2) is 36.4 Å². The van der Waals surface area contributed by atoms with Crippen molar-refractivity contribution in [3.63, 3.8) is 0 Å². The van der Waals surface area contributed by atoms with Gasteiger partial charge in [0.05, 0.1) is 0 Å². The monoisotopic (exact) mass is 278 g/mol. The predicted octanol–water partition coefficient (Wildman–Crippen LogP) is 5.88. The van der Waals surface area contributed by atoms with Crippen molar-refractivity contribution in [3.05, 3.63) is 58.9 Å². The molecule has 0 bridgehead atoms. The van der Waals surface area contributed by atoms with Gasteiger partial charge in [0.1, 0.15) is 5.82 Å². The standard InChI is InChI=1S/C20H19F/c1-12-6-8-16-17(10-12)15-9-7-14-5-3-4-13(2)20(14)18(15)11-19(16)21/h6-11,13H,3-5H2,1-2H3. The van der Waals surface area contributed by atoms with E-state index in [2.05, 4.69) is 32.0 Å². The van der Waals surface area contributed by atoms with Gasteiger partial charge in [0.2, 0.25) is 0 Å². The van der Waals surface area contributed by atoms with Gasteiger partial charge in [-0.3, -0.25) is 0 Å². The van der Waals surface area contributed by atoms with Crippen molar-refractivity contribution in [2.45, 2.75) is 39.0 Å². The molecule has 0 aromatic heterocycles. The molecule has 1 unspecified atom stereocenters. The van der Waals surface area contributed by atoms with Crippen LogP contribution in [0.5, 0.6) is 0 Å². The highest BCUT2D eigenvalue weighted by molar-refractivity contribution is 6.09. The van der Waals surface area contributed by atoms with Crippen molar-refractivity contribution in [3.8, 4) is 0 Å². The van der Waals surface area contributed by atoms with Crippen molar-refractivity contribution < 1.29 is 4.39 Å². The van der Waals surface area contributed by atoms with Gasteiger partial charge in [-0.1, -0.05) is 42.8 Å². The van der Waals surface area contributed by atoms with Gasteiger partial charge < -0.3 is 0 Å². The Morgan fingerprint density at radius 3 is 2.62 bits per heavy atom. The minimum atomic E-state index is -0.0938. The van der Waals surface area contributed by atoms with Crippen LogP contribution in [0, 0.1) is 12.7 Å². The molecule has 3 aromatic rings. The molecule has 0 saturated heterocycles. The molecule has 1 heteroatoms. The molecule has 0 heterocycles. The van der Waals surface area contributed by atoms with Crippen LogP contribution >= 0.6 is 0 Å². The first-order chi connectivity index (χ1) is 10.1. The third-order valence-electron chi connectivity index (χ3n) is 4.95. The summed E-state index contributed by atoms with van der Waals surface area (Å²) in [6, 6.07) is 12.2. The Labute approximate surface area is 124 Å². The van der Waals surface area contributed by atoms with Gasteiger partial charge in [-0.25, -0.2) is 4.39 Å². The van der Waals surface area contributed by atoms with Gasteiger partial charge >= 0.3 is 0 Å². The number of aryl methyl sites for hydroxylation is 2. The SMILES string of the molecule is Cc1ccc2c(F)cc3c4c(ccc3c2c1)CCCC4C. The number of hydrogen-bond acceptors (Lipinski definition) is 0. The number of rotatable bonds is 0. The van der Waals surface area contributed by atoms with Crippen LogP contribution in [0.3, 0.4) is 0 Å². The summed E-state index contributed by atoms with van der Waals surface area (Å²) in [5.41, 5.74) is 3.97. The zero-order chi connectivity index (χ0) is 14.6. The minimum absolute atomic E-state index is 0.0938. The van der Waals surface area contributed by atoms with Crippen molar-refractivity contribution >= 4 is 21.5 Å². The number of benzene rings is 3. The van der Waals surface area contributed by atoms with Crippen LogP contribution in [0.25, 0.3) is 21.5 Å². The Bertz CT molecular complexity index is 861. The van der Waals surface area contributed by atoms with Crippen LogP contribution in [0.4, 0.5) is 4.39 Å². The molecule has 0 amide bonds. The molecule has 106 valence electrons. The molecule has 0 saturated carbocycles. The van der Waals surface area contributed by atoms with E-state index in [-0.39, 0.29) is 5.82 Å². The molecule has 1 atom stereocenters. The summed E-state index contributed by atoms with van der Waals surface area (Å²) in [4.78, 5) is 0. The van der Waals surface area contributed by atoms with Crippen LogP contribution in [0.1, 0.15) is 42.4 Å². The fourth-order valence-corrected chi connectivity index (χ4v) is 3.91. The smallest absolute Gasteiger partial charge is 0.131 e. The molecule has 1 aliphatic carbocycles. The average molecular weight is 278 g/mol. The zero-order valence-corrected chi connectivity index (χ0v) is 12.5. The van der Waals surface area contributed by atoms with Crippen molar-refractivity contribution in [1.82, 2.24) is 0 Å². The van der Waals surface area contributed by atoms with E-state index in [4.69, 9.17) is 0 Å². The van der Waals surface area contributed by atoms with E-state index in [1.54, 1.807) is 6.07 Å². The highest BCUT2D eigenvalue weighted by atomic mass is 19.1. The summed E-state index contributed by atoms with van der Waals surface area (Å²) in [6.45, 7) is 4.34. The van der Waals surface area contributed by atoms with Gasteiger partial charge in [0.15, 0.2) is 0 Å². The van der Waals surface area contributed by atoms with E-state index in [0.717, 1.165) is 22.6 Å². The Morgan fingerprint density at radius 2 is 1.76 bits per heavy atom. The minimum Gasteiger partial charge on any atom is -0.206 e. The van der Waals surface area contributed by atoms with E-state index < -0.39 is 0 Å². The lowest BCUT2D eigenvalue weighted by atomic mass is 9.80. The second kappa shape index (κ2) is 4.56. The molecule has 1 aliphatic rings. The summed E-state index contributed by atoms with van der Waals surface area (Å²) >= 11 is 0. The zero-order valence-electron chi connectivity index (χ0n) is 12.5. The third-order valence-corrected chi connectivity index (χ3v) is 4.95. The molecule has 0 aliphatic heterocycles. The molecule has 21 heavy (non-hydrogen) atoms. The summed E-state index contributed by atoms with van der Waals surface area (Å²) in [5.74, 6) is 0.433. The van der Waals surface area contributed by atoms with Gasteiger partial charge in [0, 0.05) is 5.39 Å². The lowest BCUT2D eigenvalue weighted by molar-refractivity contribution is 0.594.